The topological polar surface area (TPSA) is 12.5 Å². The van der Waals surface area contributed by atoms with Gasteiger partial charge in [-0.05, 0) is 54.8 Å². The lowest BCUT2D eigenvalue weighted by Gasteiger charge is -2.20. The van der Waals surface area contributed by atoms with Crippen molar-refractivity contribution in [3.63, 3.8) is 0 Å². The number of nitrogens with zero attached hydrogens (tertiary/aromatic N) is 1. The Morgan fingerprint density at radius 2 is 1.93 bits per heavy atom. The molecule has 0 saturated heterocycles. The predicted molar refractivity (Wildman–Crippen MR) is 104 cm³/mol. The minimum Gasteiger partial charge on any atom is -0.493 e. The number of alkyl halides is 3. The highest BCUT2D eigenvalue weighted by atomic mass is 35.5. The average molecular weight is 416 g/mol. The Balaban J connectivity index is 0.00000280. The number of likely N-dealkylation sites (N-methyl/N-ethyl adjacent to an activating group) is 1. The molecular weight excluding hydrogens is 394 g/mol. The predicted octanol–water partition coefficient (Wildman–Crippen LogP) is 5.74. The maximum absolute atomic E-state index is 13.6. The van der Waals surface area contributed by atoms with Crippen LogP contribution in [-0.2, 0) is 19.1 Å². The molecule has 2 nitrogen and oxygen atoms in total. The quantitative estimate of drug-likeness (QED) is 0.578. The standard InChI is InChI=1S/C21H21F4NO.ClH/c1-26(14-16-6-8-17-5-3-11-27-20(17)13-16)10-2-4-15-7-9-18(19(22)12-15)21(23,24)25;/h2,4,6-9,12-13H,3,5,10-11,14H2,1H3;1H/b4-2+;. The van der Waals surface area contributed by atoms with Crippen molar-refractivity contribution in [2.45, 2.75) is 25.6 Å². The minimum atomic E-state index is -4.68. The fourth-order valence-electron chi connectivity index (χ4n) is 3.09. The van der Waals surface area contributed by atoms with E-state index < -0.39 is 17.6 Å². The second kappa shape index (κ2) is 9.43. The highest BCUT2D eigenvalue weighted by molar-refractivity contribution is 5.85. The maximum atomic E-state index is 13.6. The van der Waals surface area contributed by atoms with Crippen molar-refractivity contribution in [1.29, 1.82) is 0 Å². The van der Waals surface area contributed by atoms with Gasteiger partial charge in [0.05, 0.1) is 12.2 Å². The van der Waals surface area contributed by atoms with Gasteiger partial charge in [0.15, 0.2) is 0 Å². The van der Waals surface area contributed by atoms with Gasteiger partial charge in [-0.3, -0.25) is 4.90 Å². The van der Waals surface area contributed by atoms with Crippen LogP contribution in [0.2, 0.25) is 0 Å². The lowest BCUT2D eigenvalue weighted by atomic mass is 10.0. The Morgan fingerprint density at radius 1 is 1.14 bits per heavy atom. The highest BCUT2D eigenvalue weighted by Crippen LogP contribution is 2.31. The molecule has 0 radical (unpaired) electrons. The van der Waals surface area contributed by atoms with Crippen molar-refractivity contribution in [3.8, 4) is 5.75 Å². The lowest BCUT2D eigenvalue weighted by molar-refractivity contribution is -0.140. The fraction of sp³-hybridized carbons (Fsp3) is 0.333. The number of hydrogen-bond acceptors (Lipinski definition) is 2. The van der Waals surface area contributed by atoms with Crippen LogP contribution in [0.1, 0.15) is 28.7 Å². The third-order valence-electron chi connectivity index (χ3n) is 4.46. The Morgan fingerprint density at radius 3 is 2.64 bits per heavy atom. The summed E-state index contributed by atoms with van der Waals surface area (Å²) in [5.41, 5.74) is 1.52. The van der Waals surface area contributed by atoms with E-state index >= 15 is 0 Å². The van der Waals surface area contributed by atoms with Crippen LogP contribution >= 0.6 is 12.4 Å². The Bertz CT molecular complexity index is 836. The van der Waals surface area contributed by atoms with Crippen molar-refractivity contribution < 1.29 is 22.3 Å². The van der Waals surface area contributed by atoms with Gasteiger partial charge in [-0.2, -0.15) is 13.2 Å². The van der Waals surface area contributed by atoms with Crippen molar-refractivity contribution >= 4 is 18.5 Å². The van der Waals surface area contributed by atoms with Crippen molar-refractivity contribution in [1.82, 2.24) is 4.90 Å². The molecule has 0 amide bonds. The van der Waals surface area contributed by atoms with Gasteiger partial charge in [0.2, 0.25) is 0 Å². The Hall–Kier alpha value is -2.05. The van der Waals surface area contributed by atoms with E-state index in [2.05, 4.69) is 23.1 Å². The molecule has 0 aliphatic carbocycles. The van der Waals surface area contributed by atoms with E-state index in [0.29, 0.717) is 18.7 Å². The van der Waals surface area contributed by atoms with E-state index in [1.54, 1.807) is 12.2 Å². The minimum absolute atomic E-state index is 0. The van der Waals surface area contributed by atoms with Crippen LogP contribution in [0.3, 0.4) is 0 Å². The number of benzene rings is 2. The van der Waals surface area contributed by atoms with E-state index in [9.17, 15) is 17.6 Å². The molecule has 0 fully saturated rings. The van der Waals surface area contributed by atoms with Gasteiger partial charge in [0.1, 0.15) is 11.6 Å². The molecule has 3 rings (SSSR count). The summed E-state index contributed by atoms with van der Waals surface area (Å²) in [6.45, 7) is 2.04. The van der Waals surface area contributed by atoms with E-state index in [-0.39, 0.29) is 12.4 Å². The van der Waals surface area contributed by atoms with Crippen LogP contribution in [0.4, 0.5) is 17.6 Å². The van der Waals surface area contributed by atoms with Crippen LogP contribution in [0.15, 0.2) is 42.5 Å². The third kappa shape index (κ3) is 5.72. The molecule has 0 unspecified atom stereocenters. The van der Waals surface area contributed by atoms with E-state index in [0.717, 1.165) is 42.9 Å². The van der Waals surface area contributed by atoms with Crippen LogP contribution < -0.4 is 4.74 Å². The first-order valence-corrected chi connectivity index (χ1v) is 8.79. The average Bonchev–Trinajstić information content (AvgIpc) is 2.60. The second-order valence-corrected chi connectivity index (χ2v) is 6.73. The monoisotopic (exact) mass is 415 g/mol. The first-order chi connectivity index (χ1) is 12.8. The number of fused-ring (bicyclic) bond motifs is 1. The molecule has 7 heteroatoms. The lowest BCUT2D eigenvalue weighted by Crippen LogP contribution is -2.18. The maximum Gasteiger partial charge on any atom is 0.419 e. The molecule has 0 saturated carbocycles. The van der Waals surface area contributed by atoms with Gasteiger partial charge in [-0.1, -0.05) is 30.4 Å². The molecule has 1 aliphatic rings. The zero-order valence-corrected chi connectivity index (χ0v) is 16.2. The molecule has 152 valence electrons. The molecule has 2 aromatic rings. The summed E-state index contributed by atoms with van der Waals surface area (Å²) in [5.74, 6) is -0.310. The summed E-state index contributed by atoms with van der Waals surface area (Å²) in [6, 6.07) is 9.17. The number of rotatable bonds is 5. The van der Waals surface area contributed by atoms with Gasteiger partial charge in [0.25, 0.3) is 0 Å². The molecular formula is C21H22ClF4NO. The van der Waals surface area contributed by atoms with Gasteiger partial charge < -0.3 is 4.74 Å². The SMILES string of the molecule is CN(C/C=C/c1ccc(C(F)(F)F)c(F)c1)Cc1ccc2c(c1)OCCC2.Cl. The van der Waals surface area contributed by atoms with Crippen molar-refractivity contribution in [2.75, 3.05) is 20.2 Å². The van der Waals surface area contributed by atoms with Gasteiger partial charge in [-0.15, -0.1) is 12.4 Å². The van der Waals surface area contributed by atoms with Crippen LogP contribution in [0.25, 0.3) is 6.08 Å². The zero-order valence-electron chi connectivity index (χ0n) is 15.4. The fourth-order valence-corrected chi connectivity index (χ4v) is 3.09. The van der Waals surface area contributed by atoms with E-state index in [4.69, 9.17) is 4.74 Å². The highest BCUT2D eigenvalue weighted by Gasteiger charge is 2.33. The van der Waals surface area contributed by atoms with Gasteiger partial charge in [-0.25, -0.2) is 4.39 Å². The van der Waals surface area contributed by atoms with E-state index in [1.165, 1.54) is 11.6 Å². The molecule has 0 bridgehead atoms. The smallest absolute Gasteiger partial charge is 0.419 e. The van der Waals surface area contributed by atoms with Crippen LogP contribution in [0.5, 0.6) is 5.75 Å². The molecule has 0 spiro atoms. The summed E-state index contributed by atoms with van der Waals surface area (Å²) in [4.78, 5) is 2.06. The molecule has 0 aromatic heterocycles. The van der Waals surface area contributed by atoms with Crippen molar-refractivity contribution in [3.05, 3.63) is 70.5 Å². The Kier molecular flexibility index (Phi) is 7.49. The Labute approximate surface area is 168 Å². The largest absolute Gasteiger partial charge is 0.493 e. The summed E-state index contributed by atoms with van der Waals surface area (Å²) in [6.07, 6.45) is 0.831. The summed E-state index contributed by atoms with van der Waals surface area (Å²) in [7, 11) is 1.94. The number of ether oxygens (including phenoxy) is 1. The van der Waals surface area contributed by atoms with E-state index in [1.807, 2.05) is 7.05 Å². The summed E-state index contributed by atoms with van der Waals surface area (Å²) in [5, 5.41) is 0. The second-order valence-electron chi connectivity index (χ2n) is 6.73. The number of halogens is 5. The van der Waals surface area contributed by atoms with Crippen molar-refractivity contribution in [2.24, 2.45) is 0 Å². The molecule has 2 aromatic carbocycles. The molecule has 1 heterocycles. The van der Waals surface area contributed by atoms with Crippen LogP contribution in [-0.4, -0.2) is 25.1 Å². The van der Waals surface area contributed by atoms with Gasteiger partial charge >= 0.3 is 6.18 Å². The van der Waals surface area contributed by atoms with Crippen LogP contribution in [0, 0.1) is 5.82 Å². The summed E-state index contributed by atoms with van der Waals surface area (Å²) < 4.78 is 57.0. The third-order valence-corrected chi connectivity index (χ3v) is 4.46. The number of aryl methyl sites for hydroxylation is 1. The first-order valence-electron chi connectivity index (χ1n) is 8.79. The summed E-state index contributed by atoms with van der Waals surface area (Å²) >= 11 is 0. The molecule has 0 N–H and O–H groups in total. The van der Waals surface area contributed by atoms with Gasteiger partial charge in [0, 0.05) is 13.1 Å². The number of hydrogen-bond donors (Lipinski definition) is 0. The first kappa shape index (κ1) is 22.2. The molecule has 1 aliphatic heterocycles. The molecule has 28 heavy (non-hydrogen) atoms. The zero-order chi connectivity index (χ0) is 19.4. The normalized spacial score (nSPS) is 13.9. The molecule has 0 atom stereocenters.